The summed E-state index contributed by atoms with van der Waals surface area (Å²) >= 11 is 0. The lowest BCUT2D eigenvalue weighted by atomic mass is 9.95. The van der Waals surface area contributed by atoms with E-state index in [1.54, 1.807) is 16.3 Å². The molecule has 1 unspecified atom stereocenters. The van der Waals surface area contributed by atoms with E-state index >= 15 is 0 Å². The lowest BCUT2D eigenvalue weighted by Gasteiger charge is -2.20. The monoisotopic (exact) mass is 480 g/mol. The van der Waals surface area contributed by atoms with Gasteiger partial charge in [-0.05, 0) is 30.8 Å². The van der Waals surface area contributed by atoms with Gasteiger partial charge in [0, 0.05) is 0 Å². The van der Waals surface area contributed by atoms with Gasteiger partial charge in [-0.1, -0.05) is 176 Å². The fourth-order valence-electron chi connectivity index (χ4n) is 5.79. The normalized spacial score (nSPS) is 16.4. The summed E-state index contributed by atoms with van der Waals surface area (Å²) < 4.78 is 0. The SMILES string of the molecule is CCCCCCCCCCCCCCCCCCC1C(C)=CC(C(C)C)=C1[SiH2]c1ccccc1. The molecule has 0 radical (unpaired) electrons. The second kappa shape index (κ2) is 18.2. The predicted molar refractivity (Wildman–Crippen MR) is 158 cm³/mol. The molecule has 0 saturated heterocycles. The highest BCUT2D eigenvalue weighted by Gasteiger charge is 2.26. The van der Waals surface area contributed by atoms with Gasteiger partial charge in [0.2, 0.25) is 0 Å². The predicted octanol–water partition coefficient (Wildman–Crippen LogP) is 9.62. The van der Waals surface area contributed by atoms with Gasteiger partial charge in [0.15, 0.2) is 0 Å². The van der Waals surface area contributed by atoms with Gasteiger partial charge in [0.25, 0.3) is 0 Å². The van der Waals surface area contributed by atoms with Gasteiger partial charge in [-0.2, -0.15) is 0 Å². The van der Waals surface area contributed by atoms with Crippen molar-refractivity contribution in [1.82, 2.24) is 0 Å². The zero-order valence-corrected chi connectivity index (χ0v) is 24.8. The maximum absolute atomic E-state index is 2.55. The van der Waals surface area contributed by atoms with Crippen molar-refractivity contribution in [1.29, 1.82) is 0 Å². The Morgan fingerprint density at radius 2 is 1.15 bits per heavy atom. The molecule has 0 amide bonds. The van der Waals surface area contributed by atoms with E-state index in [1.165, 1.54) is 109 Å². The number of hydrogen-bond acceptors (Lipinski definition) is 0. The van der Waals surface area contributed by atoms with E-state index < -0.39 is 0 Å². The third-order valence-corrected chi connectivity index (χ3v) is 10.1. The van der Waals surface area contributed by atoms with Gasteiger partial charge in [-0.15, -0.1) is 0 Å². The fourth-order valence-corrected chi connectivity index (χ4v) is 8.23. The largest absolute Gasteiger partial charge is 0.0835 e. The van der Waals surface area contributed by atoms with Gasteiger partial charge in [-0.25, -0.2) is 0 Å². The number of benzene rings is 1. The second-order valence-electron chi connectivity index (χ2n) is 11.3. The van der Waals surface area contributed by atoms with Crippen molar-refractivity contribution >= 4 is 14.7 Å². The first-order valence-electron chi connectivity index (χ1n) is 15.1. The zero-order chi connectivity index (χ0) is 24.4. The van der Waals surface area contributed by atoms with Gasteiger partial charge in [0.05, 0.1) is 9.52 Å². The van der Waals surface area contributed by atoms with Gasteiger partial charge >= 0.3 is 0 Å². The Morgan fingerprint density at radius 3 is 1.62 bits per heavy atom. The highest BCUT2D eigenvalue weighted by Crippen LogP contribution is 2.37. The minimum Gasteiger partial charge on any atom is -0.0722 e. The minimum absolute atomic E-state index is 0.344. The average molecular weight is 481 g/mol. The van der Waals surface area contributed by atoms with Crippen LogP contribution in [0.4, 0.5) is 0 Å². The van der Waals surface area contributed by atoms with Crippen molar-refractivity contribution in [3.8, 4) is 0 Å². The number of unbranched alkanes of at least 4 members (excludes halogenated alkanes) is 15. The maximum atomic E-state index is 2.55. The van der Waals surface area contributed by atoms with Crippen LogP contribution in [0.5, 0.6) is 0 Å². The molecular formula is C33H56Si. The molecule has 1 heteroatoms. The standard InChI is InChI=1S/C33H56Si/c1-5-6-7-8-9-10-11-12-13-14-15-16-17-18-19-23-26-31-29(4)27-32(28(2)3)33(31)34-30-24-21-20-22-25-30/h20-22,24-25,27-28,31H,5-19,23,26,34H2,1-4H3. The fraction of sp³-hybridized carbons (Fsp3) is 0.697. The Kier molecular flexibility index (Phi) is 15.6. The van der Waals surface area contributed by atoms with Gasteiger partial charge < -0.3 is 0 Å². The van der Waals surface area contributed by atoms with Crippen LogP contribution in [0.15, 0.2) is 52.8 Å². The van der Waals surface area contributed by atoms with E-state index in [0.717, 1.165) is 5.92 Å². The molecule has 1 aromatic rings. The van der Waals surface area contributed by atoms with Crippen molar-refractivity contribution in [3.05, 3.63) is 52.8 Å². The quantitative estimate of drug-likeness (QED) is 0.129. The summed E-state index contributed by atoms with van der Waals surface area (Å²) in [5.74, 6) is 1.41. The van der Waals surface area contributed by atoms with E-state index in [-0.39, 0.29) is 9.52 Å². The molecular weight excluding hydrogens is 424 g/mol. The number of rotatable bonds is 20. The van der Waals surface area contributed by atoms with Crippen LogP contribution in [0.3, 0.4) is 0 Å². The lowest BCUT2D eigenvalue weighted by Crippen LogP contribution is -2.21. The molecule has 0 aromatic heterocycles. The van der Waals surface area contributed by atoms with Gasteiger partial charge in [-0.3, -0.25) is 0 Å². The van der Waals surface area contributed by atoms with E-state index in [4.69, 9.17) is 0 Å². The second-order valence-corrected chi connectivity index (χ2v) is 13.3. The third kappa shape index (κ3) is 11.6. The van der Waals surface area contributed by atoms with E-state index in [9.17, 15) is 0 Å². The Bertz CT molecular complexity index is 697. The summed E-state index contributed by atoms with van der Waals surface area (Å²) in [4.78, 5) is 0. The first-order valence-corrected chi connectivity index (χ1v) is 16.5. The van der Waals surface area contributed by atoms with Crippen LogP contribution in [0, 0.1) is 11.8 Å². The van der Waals surface area contributed by atoms with Gasteiger partial charge in [0.1, 0.15) is 0 Å². The number of hydrogen-bond donors (Lipinski definition) is 0. The topological polar surface area (TPSA) is 0 Å². The molecule has 0 bridgehead atoms. The Labute approximate surface area is 215 Å². The molecule has 0 aliphatic heterocycles. The summed E-state index contributed by atoms with van der Waals surface area (Å²) in [5.41, 5.74) is 3.32. The Hall–Kier alpha value is -1.08. The summed E-state index contributed by atoms with van der Waals surface area (Å²) in [6, 6.07) is 11.3. The van der Waals surface area contributed by atoms with Crippen LogP contribution in [-0.4, -0.2) is 9.52 Å². The highest BCUT2D eigenvalue weighted by atomic mass is 28.2. The zero-order valence-electron chi connectivity index (χ0n) is 23.3. The summed E-state index contributed by atoms with van der Waals surface area (Å²) in [6.07, 6.45) is 27.2. The molecule has 1 aliphatic rings. The Morgan fingerprint density at radius 1 is 0.676 bits per heavy atom. The lowest BCUT2D eigenvalue weighted by molar-refractivity contribution is 0.519. The molecule has 1 aliphatic carbocycles. The van der Waals surface area contributed by atoms with Crippen LogP contribution in [0.2, 0.25) is 0 Å². The highest BCUT2D eigenvalue weighted by molar-refractivity contribution is 6.61. The molecule has 192 valence electrons. The van der Waals surface area contributed by atoms with E-state index in [1.807, 2.05) is 5.20 Å². The smallest absolute Gasteiger partial charge is 0.0722 e. The van der Waals surface area contributed by atoms with Crippen LogP contribution in [0.25, 0.3) is 0 Å². The van der Waals surface area contributed by atoms with Crippen molar-refractivity contribution in [2.24, 2.45) is 11.8 Å². The van der Waals surface area contributed by atoms with Crippen molar-refractivity contribution in [2.45, 2.75) is 137 Å². The summed E-state index contributed by atoms with van der Waals surface area (Å²) in [5, 5.41) is 3.45. The number of allylic oxidation sites excluding steroid dienone is 4. The van der Waals surface area contributed by atoms with Crippen LogP contribution >= 0.6 is 0 Å². The molecule has 0 nitrogen and oxygen atoms in total. The maximum Gasteiger partial charge on any atom is 0.0835 e. The summed E-state index contributed by atoms with van der Waals surface area (Å²) in [7, 11) is -0.344. The molecule has 0 fully saturated rings. The first-order chi connectivity index (χ1) is 16.6. The molecule has 1 aromatic carbocycles. The van der Waals surface area contributed by atoms with E-state index in [0.29, 0.717) is 5.92 Å². The Balaban J connectivity index is 1.53. The van der Waals surface area contributed by atoms with Crippen LogP contribution in [-0.2, 0) is 0 Å². The molecule has 34 heavy (non-hydrogen) atoms. The van der Waals surface area contributed by atoms with Crippen LogP contribution in [0.1, 0.15) is 137 Å². The van der Waals surface area contributed by atoms with E-state index in [2.05, 4.69) is 64.1 Å². The first kappa shape index (κ1) is 29.1. The molecule has 0 N–H and O–H groups in total. The molecule has 0 spiro atoms. The van der Waals surface area contributed by atoms with Crippen molar-refractivity contribution < 1.29 is 0 Å². The molecule has 2 rings (SSSR count). The van der Waals surface area contributed by atoms with Crippen molar-refractivity contribution in [3.63, 3.8) is 0 Å². The molecule has 0 saturated carbocycles. The summed E-state index contributed by atoms with van der Waals surface area (Å²) in [6.45, 7) is 9.47. The molecule has 1 atom stereocenters. The van der Waals surface area contributed by atoms with Crippen LogP contribution < -0.4 is 5.19 Å². The third-order valence-electron chi connectivity index (χ3n) is 7.93. The minimum atomic E-state index is -0.344. The molecule has 0 heterocycles. The average Bonchev–Trinajstić information content (AvgIpc) is 3.14. The van der Waals surface area contributed by atoms with Crippen molar-refractivity contribution in [2.75, 3.05) is 0 Å².